The molecule has 94 valence electrons. The fraction of sp³-hybridized carbons (Fsp3) is 0.308. The van der Waals surface area contributed by atoms with E-state index in [2.05, 4.69) is 10.6 Å². The molecule has 0 saturated carbocycles. The van der Waals surface area contributed by atoms with Crippen molar-refractivity contribution in [3.8, 4) is 6.07 Å². The topological polar surface area (TPSA) is 82.0 Å². The second-order valence-corrected chi connectivity index (χ2v) is 3.93. The van der Waals surface area contributed by atoms with Crippen LogP contribution in [0, 0.1) is 11.3 Å². The molecule has 5 nitrogen and oxygen atoms in total. The molecule has 5 heteroatoms. The Morgan fingerprint density at radius 3 is 2.78 bits per heavy atom. The molecule has 1 aromatic rings. The maximum Gasteiger partial charge on any atom is 0.238 e. The van der Waals surface area contributed by atoms with Gasteiger partial charge in [0.15, 0.2) is 0 Å². The number of carbonyl (C=O) groups is 2. The molecule has 0 fully saturated rings. The van der Waals surface area contributed by atoms with E-state index >= 15 is 0 Å². The van der Waals surface area contributed by atoms with Crippen molar-refractivity contribution >= 4 is 17.5 Å². The smallest absolute Gasteiger partial charge is 0.238 e. The molecule has 1 unspecified atom stereocenters. The van der Waals surface area contributed by atoms with Crippen LogP contribution in [0.1, 0.15) is 31.9 Å². The minimum absolute atomic E-state index is 0.110. The number of hydrogen-bond donors (Lipinski definition) is 2. The molecular formula is C13H15N3O2. The van der Waals surface area contributed by atoms with Crippen molar-refractivity contribution in [1.82, 2.24) is 5.32 Å². The number of carbonyl (C=O) groups excluding carboxylic acids is 2. The number of hydrogen-bond acceptors (Lipinski definition) is 3. The van der Waals surface area contributed by atoms with Crippen molar-refractivity contribution in [2.75, 3.05) is 5.32 Å². The Balaban J connectivity index is 2.76. The second-order valence-electron chi connectivity index (χ2n) is 3.93. The third-order valence-corrected chi connectivity index (χ3v) is 2.33. The molecule has 0 aliphatic carbocycles. The van der Waals surface area contributed by atoms with E-state index in [-0.39, 0.29) is 24.3 Å². The van der Waals surface area contributed by atoms with E-state index in [0.29, 0.717) is 5.69 Å². The molecule has 1 rings (SSSR count). The zero-order valence-corrected chi connectivity index (χ0v) is 10.4. The predicted molar refractivity (Wildman–Crippen MR) is 67.5 cm³/mol. The number of anilines is 1. The highest BCUT2D eigenvalue weighted by atomic mass is 16.2. The first-order valence-electron chi connectivity index (χ1n) is 5.57. The third kappa shape index (κ3) is 4.26. The molecule has 1 atom stereocenters. The average molecular weight is 245 g/mol. The van der Waals surface area contributed by atoms with Gasteiger partial charge in [-0.1, -0.05) is 12.1 Å². The highest BCUT2D eigenvalue weighted by molar-refractivity contribution is 5.92. The summed E-state index contributed by atoms with van der Waals surface area (Å²) in [6.07, 6.45) is -0.175. The fourth-order valence-corrected chi connectivity index (χ4v) is 1.55. The molecule has 0 aliphatic rings. The number of nitriles is 1. The SMILES string of the molecule is CC(=O)NC(C)c1cccc(NC(=O)CC#N)c1. The van der Waals surface area contributed by atoms with E-state index in [0.717, 1.165) is 5.56 Å². The van der Waals surface area contributed by atoms with Crippen LogP contribution in [-0.4, -0.2) is 11.8 Å². The lowest BCUT2D eigenvalue weighted by molar-refractivity contribution is -0.119. The van der Waals surface area contributed by atoms with Crippen molar-refractivity contribution in [2.24, 2.45) is 0 Å². The lowest BCUT2D eigenvalue weighted by atomic mass is 10.1. The van der Waals surface area contributed by atoms with Gasteiger partial charge in [-0.25, -0.2) is 0 Å². The summed E-state index contributed by atoms with van der Waals surface area (Å²) in [5, 5.41) is 13.8. The Morgan fingerprint density at radius 2 is 2.17 bits per heavy atom. The Bertz CT molecular complexity index is 491. The predicted octanol–water partition coefficient (Wildman–Crippen LogP) is 1.74. The Hall–Kier alpha value is -2.35. The van der Waals surface area contributed by atoms with Crippen LogP contribution in [-0.2, 0) is 9.59 Å². The number of rotatable bonds is 4. The molecule has 0 heterocycles. The molecule has 0 bridgehead atoms. The van der Waals surface area contributed by atoms with Crippen molar-refractivity contribution in [1.29, 1.82) is 5.26 Å². The van der Waals surface area contributed by atoms with Crippen molar-refractivity contribution in [2.45, 2.75) is 26.3 Å². The van der Waals surface area contributed by atoms with E-state index in [1.54, 1.807) is 24.3 Å². The Labute approximate surface area is 106 Å². The first-order valence-corrected chi connectivity index (χ1v) is 5.57. The minimum Gasteiger partial charge on any atom is -0.350 e. The largest absolute Gasteiger partial charge is 0.350 e. The molecule has 0 radical (unpaired) electrons. The molecule has 1 aromatic carbocycles. The van der Waals surface area contributed by atoms with Gasteiger partial charge in [0.25, 0.3) is 0 Å². The number of nitrogens with one attached hydrogen (secondary N) is 2. The van der Waals surface area contributed by atoms with Crippen LogP contribution in [0.15, 0.2) is 24.3 Å². The first kappa shape index (κ1) is 13.7. The summed E-state index contributed by atoms with van der Waals surface area (Å²) in [6.45, 7) is 3.31. The van der Waals surface area contributed by atoms with Gasteiger partial charge in [-0.05, 0) is 24.6 Å². The summed E-state index contributed by atoms with van der Waals surface area (Å²) in [5.41, 5.74) is 1.50. The summed E-state index contributed by atoms with van der Waals surface area (Å²) >= 11 is 0. The quantitative estimate of drug-likeness (QED) is 0.847. The maximum absolute atomic E-state index is 11.3. The monoisotopic (exact) mass is 245 g/mol. The van der Waals surface area contributed by atoms with Crippen LogP contribution in [0.2, 0.25) is 0 Å². The zero-order valence-electron chi connectivity index (χ0n) is 10.4. The molecule has 0 saturated heterocycles. The lowest BCUT2D eigenvalue weighted by Crippen LogP contribution is -2.23. The number of benzene rings is 1. The Morgan fingerprint density at radius 1 is 1.44 bits per heavy atom. The van der Waals surface area contributed by atoms with Crippen LogP contribution in [0.25, 0.3) is 0 Å². The lowest BCUT2D eigenvalue weighted by Gasteiger charge is -2.14. The molecule has 0 aromatic heterocycles. The highest BCUT2D eigenvalue weighted by Gasteiger charge is 2.08. The first-order chi connectivity index (χ1) is 8.52. The van der Waals surface area contributed by atoms with E-state index in [9.17, 15) is 9.59 Å². The van der Waals surface area contributed by atoms with Gasteiger partial charge >= 0.3 is 0 Å². The van der Waals surface area contributed by atoms with E-state index in [4.69, 9.17) is 5.26 Å². The summed E-state index contributed by atoms with van der Waals surface area (Å²) < 4.78 is 0. The standard InChI is InChI=1S/C13H15N3O2/c1-9(15-10(2)17)11-4-3-5-12(8-11)16-13(18)6-7-14/h3-5,8-9H,6H2,1-2H3,(H,15,17)(H,16,18). The second kappa shape index (κ2) is 6.40. The normalized spacial score (nSPS) is 11.2. The van der Waals surface area contributed by atoms with Gasteiger partial charge in [0.05, 0.1) is 12.1 Å². The van der Waals surface area contributed by atoms with Crippen LogP contribution in [0.5, 0.6) is 0 Å². The van der Waals surface area contributed by atoms with Gasteiger partial charge in [0.2, 0.25) is 11.8 Å². The average Bonchev–Trinajstić information content (AvgIpc) is 2.28. The van der Waals surface area contributed by atoms with Gasteiger partial charge in [0.1, 0.15) is 6.42 Å². The zero-order chi connectivity index (χ0) is 13.5. The van der Waals surface area contributed by atoms with Gasteiger partial charge in [-0.3, -0.25) is 9.59 Å². The number of nitrogens with zero attached hydrogens (tertiary/aromatic N) is 1. The molecule has 0 spiro atoms. The van der Waals surface area contributed by atoms with E-state index in [1.807, 2.05) is 13.0 Å². The van der Waals surface area contributed by atoms with Gasteiger partial charge in [-0.2, -0.15) is 5.26 Å². The number of amides is 2. The van der Waals surface area contributed by atoms with Gasteiger partial charge < -0.3 is 10.6 Å². The van der Waals surface area contributed by atoms with Crippen molar-refractivity contribution < 1.29 is 9.59 Å². The summed E-state index contributed by atoms with van der Waals surface area (Å²) in [7, 11) is 0. The maximum atomic E-state index is 11.3. The molecular weight excluding hydrogens is 230 g/mol. The van der Waals surface area contributed by atoms with Crippen LogP contribution < -0.4 is 10.6 Å². The van der Waals surface area contributed by atoms with Crippen molar-refractivity contribution in [3.63, 3.8) is 0 Å². The van der Waals surface area contributed by atoms with E-state index < -0.39 is 0 Å². The molecule has 2 N–H and O–H groups in total. The third-order valence-electron chi connectivity index (χ3n) is 2.33. The minimum atomic E-state index is -0.346. The van der Waals surface area contributed by atoms with Crippen LogP contribution in [0.3, 0.4) is 0 Å². The summed E-state index contributed by atoms with van der Waals surface area (Å²) in [6, 6.07) is 8.81. The molecule has 0 aliphatic heterocycles. The summed E-state index contributed by atoms with van der Waals surface area (Å²) in [4.78, 5) is 22.2. The Kier molecular flexibility index (Phi) is 4.88. The fourth-order valence-electron chi connectivity index (χ4n) is 1.55. The van der Waals surface area contributed by atoms with Crippen molar-refractivity contribution in [3.05, 3.63) is 29.8 Å². The van der Waals surface area contributed by atoms with Crippen LogP contribution >= 0.6 is 0 Å². The highest BCUT2D eigenvalue weighted by Crippen LogP contribution is 2.17. The van der Waals surface area contributed by atoms with Crippen LogP contribution in [0.4, 0.5) is 5.69 Å². The summed E-state index contributed by atoms with van der Waals surface area (Å²) in [5.74, 6) is -0.455. The molecule has 18 heavy (non-hydrogen) atoms. The molecule has 2 amide bonds. The van der Waals surface area contributed by atoms with E-state index in [1.165, 1.54) is 6.92 Å². The van der Waals surface area contributed by atoms with Gasteiger partial charge in [0, 0.05) is 12.6 Å². The van der Waals surface area contributed by atoms with Gasteiger partial charge in [-0.15, -0.1) is 0 Å².